The van der Waals surface area contributed by atoms with Crippen LogP contribution in [0.2, 0.25) is 0 Å². The lowest BCUT2D eigenvalue weighted by molar-refractivity contribution is -0.167. The molecule has 0 aliphatic rings. The molecule has 48 heavy (non-hydrogen) atoms. The van der Waals surface area contributed by atoms with Crippen LogP contribution in [0.5, 0.6) is 0 Å². The van der Waals surface area contributed by atoms with Gasteiger partial charge in [-0.2, -0.15) is 0 Å². The van der Waals surface area contributed by atoms with Gasteiger partial charge in [-0.05, 0) is 25.2 Å². The van der Waals surface area contributed by atoms with E-state index in [-0.39, 0.29) is 31.1 Å². The van der Waals surface area contributed by atoms with Crippen LogP contribution in [-0.2, 0) is 28.6 Å². The fourth-order valence-electron chi connectivity index (χ4n) is 6.10. The summed E-state index contributed by atoms with van der Waals surface area (Å²) in [5.41, 5.74) is 0. The molecule has 0 aliphatic carbocycles. The number of esters is 3. The van der Waals surface area contributed by atoms with Gasteiger partial charge in [-0.25, -0.2) is 0 Å². The minimum atomic E-state index is -0.757. The Balaban J connectivity index is 4.33. The average Bonchev–Trinajstić information content (AvgIpc) is 3.06. The molecular formula is C42H80O6. The van der Waals surface area contributed by atoms with Gasteiger partial charge in [-0.1, -0.05) is 188 Å². The average molecular weight is 681 g/mol. The third-order valence-corrected chi connectivity index (χ3v) is 9.29. The molecule has 1 atom stereocenters. The number of carbonyl (C=O) groups is 3. The summed E-state index contributed by atoms with van der Waals surface area (Å²) in [6.45, 7) is 8.91. The van der Waals surface area contributed by atoms with Gasteiger partial charge < -0.3 is 14.2 Å². The highest BCUT2D eigenvalue weighted by Gasteiger charge is 2.19. The fourth-order valence-corrected chi connectivity index (χ4v) is 6.10. The molecule has 0 aliphatic heterocycles. The first-order chi connectivity index (χ1) is 23.4. The molecule has 0 rings (SSSR count). The lowest BCUT2D eigenvalue weighted by atomic mass is 10.0. The second-order valence-electron chi connectivity index (χ2n) is 14.7. The van der Waals surface area contributed by atoms with Crippen molar-refractivity contribution in [3.63, 3.8) is 0 Å². The highest BCUT2D eigenvalue weighted by Crippen LogP contribution is 2.15. The molecule has 0 fully saturated rings. The topological polar surface area (TPSA) is 78.9 Å². The van der Waals surface area contributed by atoms with E-state index in [1.807, 2.05) is 0 Å². The van der Waals surface area contributed by atoms with Gasteiger partial charge in [-0.3, -0.25) is 14.4 Å². The standard InChI is InChI=1S/C42H80O6/c1-5-7-9-11-13-15-17-21-25-29-33-40(43)46-36-39(48-42(45)35-31-27-23-16-14-12-10-8-6-2)37-47-41(44)34-30-26-22-19-18-20-24-28-32-38(3)4/h38-39H,5-37H2,1-4H3/t39-/m0/s1. The summed E-state index contributed by atoms with van der Waals surface area (Å²) < 4.78 is 16.6. The number of hydrogen-bond donors (Lipinski definition) is 0. The molecule has 6 nitrogen and oxygen atoms in total. The van der Waals surface area contributed by atoms with E-state index in [2.05, 4.69) is 27.7 Å². The van der Waals surface area contributed by atoms with Crippen LogP contribution in [0, 0.1) is 5.92 Å². The van der Waals surface area contributed by atoms with Gasteiger partial charge in [0.25, 0.3) is 0 Å². The molecule has 0 N–H and O–H groups in total. The largest absolute Gasteiger partial charge is 0.462 e. The molecule has 0 heterocycles. The first-order valence-electron chi connectivity index (χ1n) is 20.9. The number of unbranched alkanes of at least 4 members (excludes halogenated alkanes) is 24. The Morgan fingerprint density at radius 1 is 0.396 bits per heavy atom. The maximum absolute atomic E-state index is 12.6. The predicted octanol–water partition coefficient (Wildman–Crippen LogP) is 12.8. The number of ether oxygens (including phenoxy) is 3. The van der Waals surface area contributed by atoms with Crippen molar-refractivity contribution < 1.29 is 28.6 Å². The Labute approximate surface area is 298 Å². The molecule has 0 saturated carbocycles. The smallest absolute Gasteiger partial charge is 0.306 e. The van der Waals surface area contributed by atoms with E-state index in [9.17, 15) is 14.4 Å². The molecule has 0 aromatic rings. The van der Waals surface area contributed by atoms with Crippen molar-refractivity contribution in [1.29, 1.82) is 0 Å². The number of rotatable bonds is 37. The van der Waals surface area contributed by atoms with Crippen LogP contribution in [0.3, 0.4) is 0 Å². The van der Waals surface area contributed by atoms with Crippen LogP contribution in [0.1, 0.15) is 227 Å². The first-order valence-corrected chi connectivity index (χ1v) is 20.9. The van der Waals surface area contributed by atoms with Crippen molar-refractivity contribution in [1.82, 2.24) is 0 Å². The van der Waals surface area contributed by atoms with E-state index in [0.717, 1.165) is 63.7 Å². The Kier molecular flexibility index (Phi) is 35.5. The molecule has 6 heteroatoms. The van der Waals surface area contributed by atoms with E-state index in [4.69, 9.17) is 14.2 Å². The van der Waals surface area contributed by atoms with Crippen molar-refractivity contribution in [3.8, 4) is 0 Å². The minimum absolute atomic E-state index is 0.0649. The molecule has 284 valence electrons. The quantitative estimate of drug-likeness (QED) is 0.0369. The van der Waals surface area contributed by atoms with Gasteiger partial charge in [0.1, 0.15) is 13.2 Å². The summed E-state index contributed by atoms with van der Waals surface area (Å²) in [6, 6.07) is 0. The zero-order valence-corrected chi connectivity index (χ0v) is 32.4. The maximum Gasteiger partial charge on any atom is 0.306 e. The summed E-state index contributed by atoms with van der Waals surface area (Å²) in [4.78, 5) is 37.5. The van der Waals surface area contributed by atoms with Crippen LogP contribution in [0.25, 0.3) is 0 Å². The van der Waals surface area contributed by atoms with Crippen molar-refractivity contribution in [3.05, 3.63) is 0 Å². The number of carbonyl (C=O) groups excluding carboxylic acids is 3. The van der Waals surface area contributed by atoms with Crippen molar-refractivity contribution in [2.75, 3.05) is 13.2 Å². The van der Waals surface area contributed by atoms with Crippen molar-refractivity contribution in [2.45, 2.75) is 233 Å². The van der Waals surface area contributed by atoms with E-state index in [1.54, 1.807) is 0 Å². The molecule has 0 aromatic carbocycles. The van der Waals surface area contributed by atoms with Crippen LogP contribution < -0.4 is 0 Å². The first kappa shape index (κ1) is 46.4. The van der Waals surface area contributed by atoms with E-state index in [1.165, 1.54) is 122 Å². The predicted molar refractivity (Wildman–Crippen MR) is 201 cm³/mol. The summed E-state index contributed by atoms with van der Waals surface area (Å²) >= 11 is 0. The Morgan fingerprint density at radius 3 is 1.02 bits per heavy atom. The molecule has 0 spiro atoms. The highest BCUT2D eigenvalue weighted by atomic mass is 16.6. The summed E-state index contributed by atoms with van der Waals surface area (Å²) in [5.74, 6) is -0.0686. The molecule has 0 saturated heterocycles. The molecule has 0 unspecified atom stereocenters. The van der Waals surface area contributed by atoms with Crippen LogP contribution in [0.15, 0.2) is 0 Å². The van der Waals surface area contributed by atoms with Crippen LogP contribution >= 0.6 is 0 Å². The second-order valence-corrected chi connectivity index (χ2v) is 14.7. The lowest BCUT2D eigenvalue weighted by Gasteiger charge is -2.18. The Bertz CT molecular complexity index is 721. The Hall–Kier alpha value is -1.59. The van der Waals surface area contributed by atoms with Gasteiger partial charge in [0.2, 0.25) is 0 Å². The Morgan fingerprint density at radius 2 is 0.688 bits per heavy atom. The third kappa shape index (κ3) is 35.7. The minimum Gasteiger partial charge on any atom is -0.462 e. The fraction of sp³-hybridized carbons (Fsp3) is 0.929. The van der Waals surface area contributed by atoms with Gasteiger partial charge >= 0.3 is 17.9 Å². The van der Waals surface area contributed by atoms with E-state index in [0.29, 0.717) is 19.3 Å². The second kappa shape index (κ2) is 36.7. The van der Waals surface area contributed by atoms with Gasteiger partial charge in [-0.15, -0.1) is 0 Å². The van der Waals surface area contributed by atoms with Crippen molar-refractivity contribution >= 4 is 17.9 Å². The monoisotopic (exact) mass is 681 g/mol. The summed E-state index contributed by atoms with van der Waals surface area (Å²) in [5, 5.41) is 0. The number of hydrogen-bond acceptors (Lipinski definition) is 6. The summed E-state index contributed by atoms with van der Waals surface area (Å²) in [6.07, 6.45) is 33.8. The maximum atomic E-state index is 12.6. The van der Waals surface area contributed by atoms with Gasteiger partial charge in [0.05, 0.1) is 0 Å². The van der Waals surface area contributed by atoms with Crippen molar-refractivity contribution in [2.24, 2.45) is 5.92 Å². The van der Waals surface area contributed by atoms with Gasteiger partial charge in [0, 0.05) is 19.3 Å². The van der Waals surface area contributed by atoms with E-state index >= 15 is 0 Å². The highest BCUT2D eigenvalue weighted by molar-refractivity contribution is 5.71. The van der Waals surface area contributed by atoms with Gasteiger partial charge in [0.15, 0.2) is 6.10 Å². The zero-order valence-electron chi connectivity index (χ0n) is 32.4. The molecular weight excluding hydrogens is 600 g/mol. The molecule has 0 amide bonds. The van der Waals surface area contributed by atoms with E-state index < -0.39 is 6.10 Å². The third-order valence-electron chi connectivity index (χ3n) is 9.29. The molecule has 0 aromatic heterocycles. The zero-order chi connectivity index (χ0) is 35.3. The normalized spacial score (nSPS) is 11.9. The van der Waals surface area contributed by atoms with Crippen LogP contribution in [-0.4, -0.2) is 37.2 Å². The molecule has 0 radical (unpaired) electrons. The lowest BCUT2D eigenvalue weighted by Crippen LogP contribution is -2.30. The van der Waals surface area contributed by atoms with Crippen LogP contribution in [0.4, 0.5) is 0 Å². The summed E-state index contributed by atoms with van der Waals surface area (Å²) in [7, 11) is 0. The SMILES string of the molecule is CCCCCCCCCCCCC(=O)OC[C@@H](COC(=O)CCCCCCCCCCC(C)C)OC(=O)CCCCCCCCCCC. The molecule has 0 bridgehead atoms.